The van der Waals surface area contributed by atoms with Gasteiger partial charge in [-0.15, -0.1) is 0 Å². The first-order chi connectivity index (χ1) is 18.5. The Kier molecular flexibility index (Phi) is 9.59. The van der Waals surface area contributed by atoms with Gasteiger partial charge in [0.1, 0.15) is 19.0 Å². The molecule has 0 N–H and O–H groups in total. The van der Waals surface area contributed by atoms with Crippen molar-refractivity contribution in [2.24, 2.45) is 0 Å². The number of rotatable bonds is 11. The zero-order valence-corrected chi connectivity index (χ0v) is 22.2. The lowest BCUT2D eigenvalue weighted by molar-refractivity contribution is -0.139. The van der Waals surface area contributed by atoms with Crippen LogP contribution in [-0.4, -0.2) is 31.1 Å². The van der Waals surface area contributed by atoms with Gasteiger partial charge in [0.25, 0.3) is 0 Å². The molecule has 3 aromatic rings. The minimum atomic E-state index is -0.629. The fourth-order valence-corrected chi connectivity index (χ4v) is 3.24. The van der Waals surface area contributed by atoms with Crippen LogP contribution in [0.5, 0.6) is 17.2 Å². The molecule has 0 aliphatic carbocycles. The summed E-state index contributed by atoms with van der Waals surface area (Å²) in [7, 11) is 0. The van der Waals surface area contributed by atoms with Crippen LogP contribution in [0.2, 0.25) is 0 Å². The van der Waals surface area contributed by atoms with Crippen molar-refractivity contribution in [1.82, 2.24) is 0 Å². The molecular formula is C32H30O7. The van der Waals surface area contributed by atoms with E-state index in [1.807, 2.05) is 48.5 Å². The first-order valence-electron chi connectivity index (χ1n) is 12.1. The molecule has 0 amide bonds. The molecule has 0 aliphatic heterocycles. The summed E-state index contributed by atoms with van der Waals surface area (Å²) in [5.41, 5.74) is 4.38. The van der Waals surface area contributed by atoms with E-state index in [4.69, 9.17) is 18.9 Å². The molecule has 0 spiro atoms. The van der Waals surface area contributed by atoms with Gasteiger partial charge >= 0.3 is 17.9 Å². The van der Waals surface area contributed by atoms with Crippen LogP contribution < -0.4 is 14.2 Å². The molecule has 200 valence electrons. The van der Waals surface area contributed by atoms with Crippen molar-refractivity contribution in [1.29, 1.82) is 0 Å². The van der Waals surface area contributed by atoms with E-state index in [2.05, 4.69) is 19.7 Å². The van der Waals surface area contributed by atoms with Gasteiger partial charge in [-0.25, -0.2) is 14.4 Å². The first kappa shape index (κ1) is 28.7. The highest BCUT2D eigenvalue weighted by Crippen LogP contribution is 2.34. The fraction of sp³-hybridized carbons (Fsp3) is 0.156. The Balaban J connectivity index is 1.73. The quantitative estimate of drug-likeness (QED) is 0.122. The van der Waals surface area contributed by atoms with Gasteiger partial charge in [-0.05, 0) is 67.3 Å². The van der Waals surface area contributed by atoms with Crippen molar-refractivity contribution in [2.45, 2.75) is 20.8 Å². The van der Waals surface area contributed by atoms with Crippen LogP contribution in [0.15, 0.2) is 103 Å². The summed E-state index contributed by atoms with van der Waals surface area (Å²) in [6, 6.07) is 20.4. The number of hydrogen-bond acceptors (Lipinski definition) is 7. The SMILES string of the molecule is C=C(C)C(=O)OCCOc1ccc(-c2ccc(-c3ccc(OC(=O)C(=C)C)c(OC(=O)C(=C)C)c3)cc2)cc1. The monoisotopic (exact) mass is 526 g/mol. The first-order valence-corrected chi connectivity index (χ1v) is 12.1. The molecule has 0 saturated heterocycles. The van der Waals surface area contributed by atoms with Gasteiger partial charge in [0, 0.05) is 16.7 Å². The van der Waals surface area contributed by atoms with E-state index in [1.54, 1.807) is 25.1 Å². The van der Waals surface area contributed by atoms with Gasteiger partial charge in [0.15, 0.2) is 11.5 Å². The third kappa shape index (κ3) is 8.04. The topological polar surface area (TPSA) is 88.1 Å². The van der Waals surface area contributed by atoms with Gasteiger partial charge in [0.2, 0.25) is 0 Å². The predicted molar refractivity (Wildman–Crippen MR) is 149 cm³/mol. The lowest BCUT2D eigenvalue weighted by atomic mass is 10.00. The maximum atomic E-state index is 12.2. The Morgan fingerprint density at radius 3 is 1.51 bits per heavy atom. The van der Waals surface area contributed by atoms with Gasteiger partial charge in [0.05, 0.1) is 0 Å². The number of carbonyl (C=O) groups is 3. The summed E-state index contributed by atoms with van der Waals surface area (Å²) in [5, 5.41) is 0. The Morgan fingerprint density at radius 1 is 0.564 bits per heavy atom. The number of ether oxygens (including phenoxy) is 4. The molecule has 0 unspecified atom stereocenters. The number of esters is 3. The molecule has 0 atom stereocenters. The third-order valence-electron chi connectivity index (χ3n) is 5.39. The van der Waals surface area contributed by atoms with E-state index >= 15 is 0 Å². The summed E-state index contributed by atoms with van der Waals surface area (Å²) in [6.07, 6.45) is 0. The molecule has 7 nitrogen and oxygen atoms in total. The lowest BCUT2D eigenvalue weighted by Crippen LogP contribution is -2.12. The largest absolute Gasteiger partial charge is 0.490 e. The zero-order valence-electron chi connectivity index (χ0n) is 22.2. The van der Waals surface area contributed by atoms with Gasteiger partial charge in [-0.1, -0.05) is 62.2 Å². The molecular weight excluding hydrogens is 496 g/mol. The second kappa shape index (κ2) is 13.1. The lowest BCUT2D eigenvalue weighted by Gasteiger charge is -2.13. The van der Waals surface area contributed by atoms with Gasteiger partial charge < -0.3 is 18.9 Å². The highest BCUT2D eigenvalue weighted by molar-refractivity contribution is 5.91. The minimum absolute atomic E-state index is 0.101. The fourth-order valence-electron chi connectivity index (χ4n) is 3.24. The second-order valence-electron chi connectivity index (χ2n) is 8.87. The molecule has 0 aromatic heterocycles. The number of hydrogen-bond donors (Lipinski definition) is 0. The highest BCUT2D eigenvalue weighted by atomic mass is 16.6. The van der Waals surface area contributed by atoms with Crippen molar-refractivity contribution in [2.75, 3.05) is 13.2 Å². The van der Waals surface area contributed by atoms with Crippen molar-refractivity contribution in [3.8, 4) is 39.5 Å². The van der Waals surface area contributed by atoms with Crippen LogP contribution in [0.3, 0.4) is 0 Å². The Hall–Kier alpha value is -4.91. The summed E-state index contributed by atoms with van der Waals surface area (Å²) >= 11 is 0. The minimum Gasteiger partial charge on any atom is -0.490 e. The molecule has 0 fully saturated rings. The smallest absolute Gasteiger partial charge is 0.338 e. The molecule has 0 bridgehead atoms. The van der Waals surface area contributed by atoms with Crippen LogP contribution in [-0.2, 0) is 19.1 Å². The summed E-state index contributed by atoms with van der Waals surface area (Å²) in [6.45, 7) is 15.7. The average molecular weight is 527 g/mol. The molecule has 3 rings (SSSR count). The van der Waals surface area contributed by atoms with Crippen LogP contribution in [0.4, 0.5) is 0 Å². The number of benzene rings is 3. The van der Waals surface area contributed by atoms with Crippen molar-refractivity contribution in [3.05, 3.63) is 103 Å². The van der Waals surface area contributed by atoms with E-state index in [1.165, 1.54) is 13.8 Å². The molecule has 0 saturated carbocycles. The van der Waals surface area contributed by atoms with Crippen LogP contribution in [0.1, 0.15) is 20.8 Å². The van der Waals surface area contributed by atoms with Gasteiger partial charge in [-0.3, -0.25) is 0 Å². The Morgan fingerprint density at radius 2 is 1.00 bits per heavy atom. The normalized spacial score (nSPS) is 10.2. The maximum absolute atomic E-state index is 12.2. The van der Waals surface area contributed by atoms with Crippen LogP contribution >= 0.6 is 0 Å². The predicted octanol–water partition coefficient (Wildman–Crippen LogP) is 6.48. The van der Waals surface area contributed by atoms with E-state index in [0.717, 1.165) is 22.3 Å². The maximum Gasteiger partial charge on any atom is 0.338 e. The van der Waals surface area contributed by atoms with Crippen LogP contribution in [0, 0.1) is 0 Å². The summed E-state index contributed by atoms with van der Waals surface area (Å²) in [4.78, 5) is 35.6. The van der Waals surface area contributed by atoms with Crippen molar-refractivity contribution < 1.29 is 33.3 Å². The molecule has 39 heavy (non-hydrogen) atoms. The summed E-state index contributed by atoms with van der Waals surface area (Å²) in [5.74, 6) is -0.828. The molecule has 3 aromatic carbocycles. The standard InChI is InChI=1S/C32H30O7/c1-20(2)30(33)37-18-17-36-27-14-11-24(12-15-27)23-7-9-25(10-8-23)26-13-16-28(38-31(34)21(3)4)29(19-26)39-32(35)22(5)6/h7-16,19H,1,3,5,17-18H2,2,4,6H3. The molecule has 0 radical (unpaired) electrons. The Bertz CT molecular complexity index is 1410. The average Bonchev–Trinajstić information content (AvgIpc) is 2.92. The molecule has 7 heteroatoms. The summed E-state index contributed by atoms with van der Waals surface area (Å²) < 4.78 is 21.4. The van der Waals surface area contributed by atoms with E-state index < -0.39 is 17.9 Å². The number of carbonyl (C=O) groups excluding carboxylic acids is 3. The Labute approximate surface area is 228 Å². The third-order valence-corrected chi connectivity index (χ3v) is 5.39. The van der Waals surface area contributed by atoms with E-state index in [-0.39, 0.29) is 35.9 Å². The van der Waals surface area contributed by atoms with Crippen molar-refractivity contribution >= 4 is 17.9 Å². The zero-order chi connectivity index (χ0) is 28.5. The van der Waals surface area contributed by atoms with Crippen LogP contribution in [0.25, 0.3) is 22.3 Å². The second-order valence-corrected chi connectivity index (χ2v) is 8.87. The molecule has 0 heterocycles. The van der Waals surface area contributed by atoms with E-state index in [0.29, 0.717) is 11.3 Å². The molecule has 0 aliphatic rings. The van der Waals surface area contributed by atoms with Crippen molar-refractivity contribution in [3.63, 3.8) is 0 Å². The van der Waals surface area contributed by atoms with E-state index in [9.17, 15) is 14.4 Å². The highest BCUT2D eigenvalue weighted by Gasteiger charge is 2.16. The van der Waals surface area contributed by atoms with Gasteiger partial charge in [-0.2, -0.15) is 0 Å².